The van der Waals surface area contributed by atoms with Crippen molar-refractivity contribution in [2.45, 2.75) is 13.0 Å². The summed E-state index contributed by atoms with van der Waals surface area (Å²) >= 11 is 0. The number of esters is 1. The Bertz CT molecular complexity index is 1080. The zero-order chi connectivity index (χ0) is 24.1. The molecule has 0 radical (unpaired) electrons. The number of carbonyl (C=O) groups is 2. The van der Waals surface area contributed by atoms with Gasteiger partial charge in [0.05, 0.1) is 31.0 Å². The third kappa shape index (κ3) is 5.14. The highest BCUT2D eigenvalue weighted by Crippen LogP contribution is 2.30. The number of piperazine rings is 1. The van der Waals surface area contributed by atoms with Gasteiger partial charge in [0.25, 0.3) is 0 Å². The van der Waals surface area contributed by atoms with E-state index in [0.717, 1.165) is 37.6 Å². The Morgan fingerprint density at radius 1 is 1.12 bits per heavy atom. The number of para-hydroxylation sites is 2. The van der Waals surface area contributed by atoms with E-state index < -0.39 is 23.9 Å². The van der Waals surface area contributed by atoms with E-state index in [1.807, 2.05) is 25.1 Å². The Morgan fingerprint density at radius 2 is 1.88 bits per heavy atom. The largest absolute Gasteiger partial charge is 0.492 e. The van der Waals surface area contributed by atoms with Crippen molar-refractivity contribution in [1.82, 2.24) is 15.5 Å². The summed E-state index contributed by atoms with van der Waals surface area (Å²) in [5.41, 5.74) is 2.27. The minimum absolute atomic E-state index is 0.275. The van der Waals surface area contributed by atoms with Gasteiger partial charge in [0.15, 0.2) is 0 Å². The van der Waals surface area contributed by atoms with Gasteiger partial charge in [-0.25, -0.2) is 14.0 Å². The second kappa shape index (κ2) is 10.6. The first kappa shape index (κ1) is 23.6. The van der Waals surface area contributed by atoms with Crippen LogP contribution in [-0.4, -0.2) is 63.3 Å². The van der Waals surface area contributed by atoms with Gasteiger partial charge in [0, 0.05) is 38.4 Å². The van der Waals surface area contributed by atoms with Crippen LogP contribution in [0.25, 0.3) is 0 Å². The van der Waals surface area contributed by atoms with Crippen LogP contribution in [-0.2, 0) is 9.53 Å². The molecule has 0 unspecified atom stereocenters. The van der Waals surface area contributed by atoms with E-state index in [2.05, 4.69) is 26.5 Å². The normalized spacial score (nSPS) is 18.9. The van der Waals surface area contributed by atoms with Crippen LogP contribution in [0.1, 0.15) is 18.5 Å². The Balaban J connectivity index is 1.53. The standard InChI is InChI=1S/C25H29FN4O4/c1-3-34-21-10-5-4-9-20(21)30-13-11-29(12-14-30)16-19-22(24(31)33-2)23(28-25(32)27-19)17-7-6-8-18(26)15-17/h4-10,15,23H,3,11-14,16H2,1-2H3,(H2,27,28,32)/t23-/m0/s1. The van der Waals surface area contributed by atoms with Crippen LogP contribution in [0.4, 0.5) is 14.9 Å². The van der Waals surface area contributed by atoms with Gasteiger partial charge in [-0.15, -0.1) is 0 Å². The lowest BCUT2D eigenvalue weighted by atomic mass is 9.95. The summed E-state index contributed by atoms with van der Waals surface area (Å²) in [6, 6.07) is 12.6. The zero-order valence-electron chi connectivity index (χ0n) is 19.3. The number of nitrogens with one attached hydrogen (secondary N) is 2. The molecule has 0 spiro atoms. The van der Waals surface area contributed by atoms with Crippen molar-refractivity contribution in [3.8, 4) is 5.75 Å². The summed E-state index contributed by atoms with van der Waals surface area (Å²) < 4.78 is 24.7. The molecule has 0 aliphatic carbocycles. The molecule has 8 nitrogen and oxygen atoms in total. The third-order valence-electron chi connectivity index (χ3n) is 6.00. The van der Waals surface area contributed by atoms with Crippen LogP contribution >= 0.6 is 0 Å². The Kier molecular flexibility index (Phi) is 7.32. The number of halogens is 1. The van der Waals surface area contributed by atoms with Gasteiger partial charge in [-0.2, -0.15) is 0 Å². The highest BCUT2D eigenvalue weighted by molar-refractivity contribution is 5.95. The van der Waals surface area contributed by atoms with Gasteiger partial charge in [0.1, 0.15) is 11.6 Å². The molecule has 2 heterocycles. The number of amides is 2. The van der Waals surface area contributed by atoms with E-state index in [9.17, 15) is 14.0 Å². The molecular weight excluding hydrogens is 439 g/mol. The average Bonchev–Trinajstić information content (AvgIpc) is 2.84. The summed E-state index contributed by atoms with van der Waals surface area (Å²) in [6.07, 6.45) is 0. The fraction of sp³-hybridized carbons (Fsp3) is 0.360. The summed E-state index contributed by atoms with van der Waals surface area (Å²) in [5, 5.41) is 5.49. The van der Waals surface area contributed by atoms with Crippen LogP contribution < -0.4 is 20.3 Å². The minimum Gasteiger partial charge on any atom is -0.492 e. The lowest BCUT2D eigenvalue weighted by Crippen LogP contribution is -2.51. The molecule has 2 aromatic rings. The van der Waals surface area contributed by atoms with E-state index in [0.29, 0.717) is 24.4 Å². The van der Waals surface area contributed by atoms with E-state index in [4.69, 9.17) is 9.47 Å². The van der Waals surface area contributed by atoms with Gasteiger partial charge >= 0.3 is 12.0 Å². The molecule has 1 fully saturated rings. The molecule has 1 saturated heterocycles. The predicted octanol–water partition coefficient (Wildman–Crippen LogP) is 2.83. The van der Waals surface area contributed by atoms with Crippen molar-refractivity contribution in [2.75, 3.05) is 51.3 Å². The minimum atomic E-state index is -0.800. The first-order valence-corrected chi connectivity index (χ1v) is 11.3. The molecule has 34 heavy (non-hydrogen) atoms. The van der Waals surface area contributed by atoms with E-state index >= 15 is 0 Å². The molecule has 2 aliphatic heterocycles. The quantitative estimate of drug-likeness (QED) is 0.608. The molecule has 2 aromatic carbocycles. The third-order valence-corrected chi connectivity index (χ3v) is 6.00. The number of benzene rings is 2. The first-order valence-electron chi connectivity index (χ1n) is 11.3. The maximum atomic E-state index is 13.9. The summed E-state index contributed by atoms with van der Waals surface area (Å²) in [5.74, 6) is -0.154. The molecule has 0 bridgehead atoms. The lowest BCUT2D eigenvalue weighted by molar-refractivity contribution is -0.136. The van der Waals surface area contributed by atoms with Crippen LogP contribution in [0.5, 0.6) is 5.75 Å². The number of carbonyl (C=O) groups excluding carboxylic acids is 2. The van der Waals surface area contributed by atoms with E-state index in [1.165, 1.54) is 19.2 Å². The highest BCUT2D eigenvalue weighted by atomic mass is 19.1. The number of rotatable bonds is 7. The second-order valence-corrected chi connectivity index (χ2v) is 8.13. The number of hydrogen-bond donors (Lipinski definition) is 2. The number of hydrogen-bond acceptors (Lipinski definition) is 6. The molecule has 0 aromatic heterocycles. The van der Waals surface area contributed by atoms with Gasteiger partial charge in [-0.1, -0.05) is 24.3 Å². The smallest absolute Gasteiger partial charge is 0.338 e. The fourth-order valence-electron chi connectivity index (χ4n) is 4.40. The Labute approximate surface area is 198 Å². The van der Waals surface area contributed by atoms with Crippen molar-refractivity contribution in [2.24, 2.45) is 0 Å². The molecule has 4 rings (SSSR count). The lowest BCUT2D eigenvalue weighted by Gasteiger charge is -2.38. The van der Waals surface area contributed by atoms with Crippen molar-refractivity contribution < 1.29 is 23.5 Å². The maximum Gasteiger partial charge on any atom is 0.338 e. The molecule has 0 saturated carbocycles. The van der Waals surface area contributed by atoms with Crippen molar-refractivity contribution >= 4 is 17.7 Å². The van der Waals surface area contributed by atoms with Crippen molar-refractivity contribution in [3.05, 3.63) is 71.2 Å². The van der Waals surface area contributed by atoms with Crippen LogP contribution in [0.15, 0.2) is 59.8 Å². The summed E-state index contributed by atoms with van der Waals surface area (Å²) in [6.45, 7) is 5.92. The average molecular weight is 469 g/mol. The number of urea groups is 1. The van der Waals surface area contributed by atoms with Crippen LogP contribution in [0.3, 0.4) is 0 Å². The van der Waals surface area contributed by atoms with Crippen LogP contribution in [0.2, 0.25) is 0 Å². The van der Waals surface area contributed by atoms with Gasteiger partial charge in [0.2, 0.25) is 0 Å². The molecule has 1 atom stereocenters. The number of nitrogens with zero attached hydrogens (tertiary/aromatic N) is 2. The van der Waals surface area contributed by atoms with Crippen molar-refractivity contribution in [3.63, 3.8) is 0 Å². The number of ether oxygens (including phenoxy) is 2. The monoisotopic (exact) mass is 468 g/mol. The van der Waals surface area contributed by atoms with E-state index in [-0.39, 0.29) is 5.57 Å². The molecule has 2 N–H and O–H groups in total. The topological polar surface area (TPSA) is 83.1 Å². The molecular formula is C25H29FN4O4. The van der Waals surface area contributed by atoms with Crippen molar-refractivity contribution in [1.29, 1.82) is 0 Å². The van der Waals surface area contributed by atoms with E-state index in [1.54, 1.807) is 12.1 Å². The van der Waals surface area contributed by atoms with Crippen LogP contribution in [0, 0.1) is 5.82 Å². The van der Waals surface area contributed by atoms with Gasteiger partial charge < -0.3 is 25.0 Å². The predicted molar refractivity (Wildman–Crippen MR) is 126 cm³/mol. The molecule has 180 valence electrons. The summed E-state index contributed by atoms with van der Waals surface area (Å²) in [4.78, 5) is 29.6. The highest BCUT2D eigenvalue weighted by Gasteiger charge is 2.34. The zero-order valence-corrected chi connectivity index (χ0v) is 19.3. The molecule has 9 heteroatoms. The van der Waals surface area contributed by atoms with Gasteiger partial charge in [-0.3, -0.25) is 4.90 Å². The molecule has 2 amide bonds. The first-order chi connectivity index (χ1) is 16.5. The number of anilines is 1. The summed E-state index contributed by atoms with van der Waals surface area (Å²) in [7, 11) is 1.29. The fourth-order valence-corrected chi connectivity index (χ4v) is 4.40. The SMILES string of the molecule is CCOc1ccccc1N1CCN(CC2=C(C(=O)OC)[C@H](c3cccc(F)c3)NC(=O)N2)CC1. The Morgan fingerprint density at radius 3 is 2.59 bits per heavy atom. The maximum absolute atomic E-state index is 13.9. The van der Waals surface area contributed by atoms with Gasteiger partial charge in [-0.05, 0) is 36.8 Å². The molecule has 2 aliphatic rings. The number of methoxy groups -OCH3 is 1. The Hall–Kier alpha value is -3.59. The second-order valence-electron chi connectivity index (χ2n) is 8.13.